The number of aryl methyl sites for hydroxylation is 2. The summed E-state index contributed by atoms with van der Waals surface area (Å²) in [6.07, 6.45) is 0. The maximum absolute atomic E-state index is 12.2. The number of fused-ring (bicyclic) bond motifs is 1. The Labute approximate surface area is 143 Å². The number of carbonyl (C=O) groups is 2. The van der Waals surface area contributed by atoms with Crippen molar-refractivity contribution in [2.45, 2.75) is 13.8 Å². The number of carbonyl (C=O) groups excluding carboxylic acids is 2. The van der Waals surface area contributed by atoms with E-state index in [9.17, 15) is 9.59 Å². The highest BCUT2D eigenvalue weighted by molar-refractivity contribution is 7.16. The fraction of sp³-hybridized carbons (Fsp3) is 0.167. The third-order valence-corrected chi connectivity index (χ3v) is 4.54. The monoisotopic (exact) mass is 339 g/mol. The van der Waals surface area contributed by atoms with Crippen molar-refractivity contribution in [1.82, 2.24) is 10.3 Å². The van der Waals surface area contributed by atoms with Gasteiger partial charge in [-0.1, -0.05) is 18.2 Å². The fourth-order valence-corrected chi connectivity index (χ4v) is 3.17. The number of hydrogen-bond acceptors (Lipinski definition) is 4. The summed E-state index contributed by atoms with van der Waals surface area (Å²) in [6, 6.07) is 11.1. The molecule has 2 N–H and O–H groups in total. The van der Waals surface area contributed by atoms with Crippen molar-refractivity contribution >= 4 is 39.1 Å². The number of amides is 2. The Balaban J connectivity index is 1.62. The van der Waals surface area contributed by atoms with E-state index in [1.807, 2.05) is 32.0 Å². The lowest BCUT2D eigenvalue weighted by Gasteiger charge is -2.12. The quantitative estimate of drug-likeness (QED) is 0.766. The lowest BCUT2D eigenvalue weighted by Crippen LogP contribution is -2.33. The minimum Gasteiger partial charge on any atom is -0.343 e. The van der Waals surface area contributed by atoms with Crippen LogP contribution in [-0.4, -0.2) is 23.3 Å². The highest BCUT2D eigenvalue weighted by Gasteiger charge is 2.11. The zero-order valence-corrected chi connectivity index (χ0v) is 14.2. The minimum atomic E-state index is -0.276. The molecule has 0 atom stereocenters. The number of para-hydroxylation sites is 1. The zero-order chi connectivity index (χ0) is 17.1. The van der Waals surface area contributed by atoms with E-state index < -0.39 is 0 Å². The Morgan fingerprint density at radius 3 is 2.62 bits per heavy atom. The van der Waals surface area contributed by atoms with E-state index in [1.165, 1.54) is 11.3 Å². The summed E-state index contributed by atoms with van der Waals surface area (Å²) in [6.45, 7) is 3.80. The average Bonchev–Trinajstić information content (AvgIpc) is 3.03. The van der Waals surface area contributed by atoms with E-state index in [4.69, 9.17) is 0 Å². The van der Waals surface area contributed by atoms with Crippen LogP contribution in [0.2, 0.25) is 0 Å². The topological polar surface area (TPSA) is 71.1 Å². The molecule has 1 heterocycles. The summed E-state index contributed by atoms with van der Waals surface area (Å²) in [7, 11) is 0. The van der Waals surface area contributed by atoms with E-state index >= 15 is 0 Å². The normalized spacial score (nSPS) is 10.6. The predicted octanol–water partition coefficient (Wildman–Crippen LogP) is 3.28. The number of nitrogens with one attached hydrogen (secondary N) is 2. The van der Waals surface area contributed by atoms with Crippen LogP contribution in [0.15, 0.2) is 41.9 Å². The molecule has 1 aromatic heterocycles. The van der Waals surface area contributed by atoms with Gasteiger partial charge in [0.05, 0.1) is 22.3 Å². The van der Waals surface area contributed by atoms with Crippen LogP contribution in [0.3, 0.4) is 0 Å². The number of hydrogen-bond donors (Lipinski definition) is 2. The molecule has 0 aliphatic heterocycles. The smallest absolute Gasteiger partial charge is 0.251 e. The number of thiazole rings is 1. The first kappa shape index (κ1) is 16.1. The van der Waals surface area contributed by atoms with E-state index in [2.05, 4.69) is 15.6 Å². The lowest BCUT2D eigenvalue weighted by molar-refractivity contribution is -0.115. The standard InChI is InChI=1S/C18H17N3O2S/c1-11-4-3-5-12(2)17(11)21-16(22)9-19-18(23)13-6-7-14-15(8-13)24-10-20-14/h3-8,10H,9H2,1-2H3,(H,19,23)(H,21,22). The Morgan fingerprint density at radius 1 is 1.12 bits per heavy atom. The Bertz CT molecular complexity index is 897. The van der Waals surface area contributed by atoms with Crippen molar-refractivity contribution < 1.29 is 9.59 Å². The van der Waals surface area contributed by atoms with Crippen LogP contribution in [0.4, 0.5) is 5.69 Å². The third-order valence-electron chi connectivity index (χ3n) is 3.75. The number of nitrogens with zero attached hydrogens (tertiary/aromatic N) is 1. The molecular formula is C18H17N3O2S. The van der Waals surface area contributed by atoms with Gasteiger partial charge >= 0.3 is 0 Å². The van der Waals surface area contributed by atoms with Crippen LogP contribution < -0.4 is 10.6 Å². The van der Waals surface area contributed by atoms with Crippen molar-refractivity contribution in [2.75, 3.05) is 11.9 Å². The summed E-state index contributed by atoms with van der Waals surface area (Å²) in [4.78, 5) is 28.5. The van der Waals surface area contributed by atoms with E-state index in [-0.39, 0.29) is 18.4 Å². The van der Waals surface area contributed by atoms with Gasteiger partial charge in [0.15, 0.2) is 0 Å². The van der Waals surface area contributed by atoms with Gasteiger partial charge in [0.1, 0.15) is 0 Å². The lowest BCUT2D eigenvalue weighted by atomic mass is 10.1. The molecule has 2 aromatic carbocycles. The average molecular weight is 339 g/mol. The summed E-state index contributed by atoms with van der Waals surface area (Å²) in [5.41, 5.74) is 5.90. The minimum absolute atomic E-state index is 0.0761. The Morgan fingerprint density at radius 2 is 1.88 bits per heavy atom. The second kappa shape index (κ2) is 6.80. The van der Waals surface area contributed by atoms with Gasteiger partial charge in [0, 0.05) is 11.3 Å². The van der Waals surface area contributed by atoms with Crippen LogP contribution in [0.1, 0.15) is 21.5 Å². The molecule has 0 spiro atoms. The van der Waals surface area contributed by atoms with Gasteiger partial charge < -0.3 is 10.6 Å². The highest BCUT2D eigenvalue weighted by atomic mass is 32.1. The Kier molecular flexibility index (Phi) is 4.57. The molecule has 3 aromatic rings. The second-order valence-electron chi connectivity index (χ2n) is 5.53. The number of aromatic nitrogens is 1. The van der Waals surface area contributed by atoms with E-state index in [0.29, 0.717) is 5.56 Å². The van der Waals surface area contributed by atoms with Crippen molar-refractivity contribution in [3.63, 3.8) is 0 Å². The molecule has 2 amide bonds. The van der Waals surface area contributed by atoms with Crippen LogP contribution in [0.25, 0.3) is 10.2 Å². The molecule has 0 aliphatic carbocycles. The number of anilines is 1. The van der Waals surface area contributed by atoms with E-state index in [1.54, 1.807) is 23.7 Å². The van der Waals surface area contributed by atoms with E-state index in [0.717, 1.165) is 27.0 Å². The van der Waals surface area contributed by atoms with Gasteiger partial charge in [-0.3, -0.25) is 9.59 Å². The van der Waals surface area contributed by atoms with Crippen LogP contribution in [0, 0.1) is 13.8 Å². The summed E-state index contributed by atoms with van der Waals surface area (Å²) < 4.78 is 0.947. The molecule has 0 aliphatic rings. The number of rotatable bonds is 4. The van der Waals surface area contributed by atoms with Crippen molar-refractivity contribution in [3.8, 4) is 0 Å². The molecule has 0 bridgehead atoms. The molecular weight excluding hydrogens is 322 g/mol. The predicted molar refractivity (Wildman–Crippen MR) is 96.5 cm³/mol. The molecule has 5 nitrogen and oxygen atoms in total. The summed E-state index contributed by atoms with van der Waals surface area (Å²) >= 11 is 1.48. The molecule has 0 saturated carbocycles. The molecule has 6 heteroatoms. The Hall–Kier alpha value is -2.73. The maximum Gasteiger partial charge on any atom is 0.251 e. The molecule has 24 heavy (non-hydrogen) atoms. The zero-order valence-electron chi connectivity index (χ0n) is 13.4. The maximum atomic E-state index is 12.2. The van der Waals surface area contributed by atoms with Gasteiger partial charge in [0.2, 0.25) is 5.91 Å². The van der Waals surface area contributed by atoms with Gasteiger partial charge in [0.25, 0.3) is 5.91 Å². The van der Waals surface area contributed by atoms with Crippen molar-refractivity contribution in [3.05, 3.63) is 58.6 Å². The molecule has 122 valence electrons. The van der Waals surface area contributed by atoms with Gasteiger partial charge in [-0.15, -0.1) is 11.3 Å². The SMILES string of the molecule is Cc1cccc(C)c1NC(=O)CNC(=O)c1ccc2ncsc2c1. The first-order valence-electron chi connectivity index (χ1n) is 7.52. The first-order valence-corrected chi connectivity index (χ1v) is 8.40. The van der Waals surface area contributed by atoms with Gasteiger partial charge in [-0.05, 0) is 43.2 Å². The fourth-order valence-electron chi connectivity index (χ4n) is 2.45. The van der Waals surface area contributed by atoms with Crippen molar-refractivity contribution in [1.29, 1.82) is 0 Å². The molecule has 3 rings (SSSR count). The molecule has 0 unspecified atom stereocenters. The number of benzene rings is 2. The van der Waals surface area contributed by atoms with Crippen LogP contribution >= 0.6 is 11.3 Å². The molecule has 0 saturated heterocycles. The van der Waals surface area contributed by atoms with Crippen LogP contribution in [-0.2, 0) is 4.79 Å². The second-order valence-corrected chi connectivity index (χ2v) is 6.42. The third kappa shape index (κ3) is 3.44. The first-order chi connectivity index (χ1) is 11.5. The van der Waals surface area contributed by atoms with Gasteiger partial charge in [-0.25, -0.2) is 4.98 Å². The largest absolute Gasteiger partial charge is 0.343 e. The van der Waals surface area contributed by atoms with Crippen molar-refractivity contribution in [2.24, 2.45) is 0 Å². The van der Waals surface area contributed by atoms with Crippen LogP contribution in [0.5, 0.6) is 0 Å². The summed E-state index contributed by atoms with van der Waals surface area (Å²) in [5.74, 6) is -0.526. The summed E-state index contributed by atoms with van der Waals surface area (Å²) in [5, 5.41) is 5.50. The molecule has 0 radical (unpaired) electrons. The van der Waals surface area contributed by atoms with Gasteiger partial charge in [-0.2, -0.15) is 0 Å². The highest BCUT2D eigenvalue weighted by Crippen LogP contribution is 2.20. The molecule has 0 fully saturated rings.